The number of hydrogen-bond acceptors (Lipinski definition) is 4. The third-order valence-electron chi connectivity index (χ3n) is 3.80. The number of oxazole rings is 1. The van der Waals surface area contributed by atoms with E-state index in [4.69, 9.17) is 9.52 Å². The topological polar surface area (TPSA) is 83.6 Å². The fourth-order valence-corrected chi connectivity index (χ4v) is 2.61. The lowest BCUT2D eigenvalue weighted by atomic mass is 9.98. The summed E-state index contributed by atoms with van der Waals surface area (Å²) < 4.78 is 5.36. The molecule has 0 bridgehead atoms. The highest BCUT2D eigenvalue weighted by molar-refractivity contribution is 5.92. The molecule has 0 spiro atoms. The van der Waals surface area contributed by atoms with Crippen LogP contribution in [0, 0.1) is 5.92 Å². The zero-order valence-corrected chi connectivity index (χ0v) is 11.9. The number of carboxylic acids is 1. The summed E-state index contributed by atoms with van der Waals surface area (Å²) in [5, 5.41) is 9.09. The fraction of sp³-hybridized carbons (Fsp3) is 0.312. The van der Waals surface area contributed by atoms with Gasteiger partial charge in [0.2, 0.25) is 5.89 Å². The summed E-state index contributed by atoms with van der Waals surface area (Å²) in [6.07, 6.45) is 2.62. The van der Waals surface area contributed by atoms with Gasteiger partial charge in [0.1, 0.15) is 6.26 Å². The molecule has 1 N–H and O–H groups in total. The monoisotopic (exact) mass is 300 g/mol. The van der Waals surface area contributed by atoms with E-state index in [9.17, 15) is 9.59 Å². The number of aromatic nitrogens is 1. The molecular weight excluding hydrogens is 284 g/mol. The first-order chi connectivity index (χ1) is 10.6. The Morgan fingerprint density at radius 3 is 2.77 bits per heavy atom. The van der Waals surface area contributed by atoms with E-state index >= 15 is 0 Å². The van der Waals surface area contributed by atoms with E-state index in [0.29, 0.717) is 25.3 Å². The van der Waals surface area contributed by atoms with Gasteiger partial charge >= 0.3 is 5.97 Å². The molecule has 2 aromatic rings. The van der Waals surface area contributed by atoms with Crippen LogP contribution in [0.15, 0.2) is 41.0 Å². The maximum absolute atomic E-state index is 12.4. The highest BCUT2D eigenvalue weighted by atomic mass is 16.4. The highest BCUT2D eigenvalue weighted by Gasteiger charge is 2.29. The molecular formula is C16H16N2O4. The van der Waals surface area contributed by atoms with Crippen LogP contribution in [0.1, 0.15) is 23.3 Å². The molecule has 114 valence electrons. The number of carbonyl (C=O) groups excluding carboxylic acids is 1. The van der Waals surface area contributed by atoms with Crippen LogP contribution in [0.25, 0.3) is 11.5 Å². The molecule has 0 aliphatic carbocycles. The fourth-order valence-electron chi connectivity index (χ4n) is 2.61. The SMILES string of the molecule is O=C(O)[C@H]1CCCN(C(=O)c2coc(-c3ccccc3)n2)C1. The van der Waals surface area contributed by atoms with Crippen LogP contribution < -0.4 is 0 Å². The van der Waals surface area contributed by atoms with Gasteiger partial charge in [-0.3, -0.25) is 9.59 Å². The van der Waals surface area contributed by atoms with Crippen LogP contribution in [-0.2, 0) is 4.79 Å². The number of amides is 1. The van der Waals surface area contributed by atoms with Gasteiger partial charge < -0.3 is 14.4 Å². The Kier molecular flexibility index (Phi) is 3.91. The average molecular weight is 300 g/mol. The summed E-state index contributed by atoms with van der Waals surface area (Å²) in [7, 11) is 0. The van der Waals surface area contributed by atoms with Gasteiger partial charge in [-0.2, -0.15) is 0 Å². The van der Waals surface area contributed by atoms with E-state index < -0.39 is 11.9 Å². The Morgan fingerprint density at radius 1 is 1.27 bits per heavy atom. The molecule has 1 aliphatic heterocycles. The third kappa shape index (κ3) is 2.86. The molecule has 2 heterocycles. The standard InChI is InChI=1S/C16H16N2O4/c19-15(18-8-4-7-12(9-18)16(20)21)13-10-22-14(17-13)11-5-2-1-3-6-11/h1-3,5-6,10,12H,4,7-9H2,(H,20,21)/t12-/m0/s1. The van der Waals surface area contributed by atoms with Crippen LogP contribution in [-0.4, -0.2) is 40.0 Å². The third-order valence-corrected chi connectivity index (χ3v) is 3.80. The minimum absolute atomic E-state index is 0.213. The zero-order valence-electron chi connectivity index (χ0n) is 11.9. The maximum Gasteiger partial charge on any atom is 0.308 e. The van der Waals surface area contributed by atoms with Gasteiger partial charge in [-0.1, -0.05) is 18.2 Å². The number of piperidine rings is 1. The van der Waals surface area contributed by atoms with Crippen LogP contribution in [0.4, 0.5) is 0 Å². The lowest BCUT2D eigenvalue weighted by Crippen LogP contribution is -2.42. The number of aliphatic carboxylic acids is 1. The van der Waals surface area contributed by atoms with Crippen LogP contribution >= 0.6 is 0 Å². The van der Waals surface area contributed by atoms with Crippen molar-refractivity contribution >= 4 is 11.9 Å². The minimum atomic E-state index is -0.859. The molecule has 1 fully saturated rings. The van der Waals surface area contributed by atoms with Crippen LogP contribution in [0.3, 0.4) is 0 Å². The molecule has 1 atom stereocenters. The number of benzene rings is 1. The molecule has 6 nitrogen and oxygen atoms in total. The second-order valence-electron chi connectivity index (χ2n) is 5.33. The summed E-state index contributed by atoms with van der Waals surface area (Å²) in [6.45, 7) is 0.776. The minimum Gasteiger partial charge on any atom is -0.481 e. The van der Waals surface area contributed by atoms with E-state index in [2.05, 4.69) is 4.98 Å². The number of carbonyl (C=O) groups is 2. The summed E-state index contributed by atoms with van der Waals surface area (Å²) in [6, 6.07) is 9.31. The van der Waals surface area contributed by atoms with Crippen LogP contribution in [0.5, 0.6) is 0 Å². The number of rotatable bonds is 3. The molecule has 1 aliphatic rings. The Labute approximate surface area is 127 Å². The van der Waals surface area contributed by atoms with Crippen molar-refractivity contribution in [3.63, 3.8) is 0 Å². The van der Waals surface area contributed by atoms with Crippen molar-refractivity contribution in [2.45, 2.75) is 12.8 Å². The molecule has 1 amide bonds. The molecule has 6 heteroatoms. The first-order valence-corrected chi connectivity index (χ1v) is 7.18. The van der Waals surface area contributed by atoms with Crippen molar-refractivity contribution in [1.29, 1.82) is 0 Å². The Bertz CT molecular complexity index is 680. The van der Waals surface area contributed by atoms with Gasteiger partial charge in [-0.15, -0.1) is 0 Å². The van der Waals surface area contributed by atoms with Crippen LogP contribution in [0.2, 0.25) is 0 Å². The van der Waals surface area contributed by atoms with Crippen molar-refractivity contribution in [2.75, 3.05) is 13.1 Å². The lowest BCUT2D eigenvalue weighted by Gasteiger charge is -2.29. The van der Waals surface area contributed by atoms with Crippen molar-refractivity contribution in [2.24, 2.45) is 5.92 Å². The summed E-state index contributed by atoms with van der Waals surface area (Å²) >= 11 is 0. The molecule has 22 heavy (non-hydrogen) atoms. The molecule has 0 saturated carbocycles. The zero-order chi connectivity index (χ0) is 15.5. The smallest absolute Gasteiger partial charge is 0.308 e. The quantitative estimate of drug-likeness (QED) is 0.940. The predicted octanol–water partition coefficient (Wildman–Crippen LogP) is 2.28. The summed E-state index contributed by atoms with van der Waals surface area (Å²) in [4.78, 5) is 29.3. The highest BCUT2D eigenvalue weighted by Crippen LogP contribution is 2.21. The molecule has 3 rings (SSSR count). The molecule has 1 aromatic carbocycles. The Morgan fingerprint density at radius 2 is 2.05 bits per heavy atom. The van der Waals surface area contributed by atoms with E-state index in [1.165, 1.54) is 11.2 Å². The first kappa shape index (κ1) is 14.3. The predicted molar refractivity (Wildman–Crippen MR) is 78.2 cm³/mol. The van der Waals surface area contributed by atoms with E-state index in [1.807, 2.05) is 30.3 Å². The van der Waals surface area contributed by atoms with Gasteiger partial charge in [0.15, 0.2) is 5.69 Å². The van der Waals surface area contributed by atoms with Crippen molar-refractivity contribution in [1.82, 2.24) is 9.88 Å². The van der Waals surface area contributed by atoms with E-state index in [0.717, 1.165) is 5.56 Å². The summed E-state index contributed by atoms with van der Waals surface area (Å²) in [5.41, 5.74) is 1.01. The number of carboxylic acid groups (broad SMARTS) is 1. The van der Waals surface area contributed by atoms with Gasteiger partial charge in [0.05, 0.1) is 5.92 Å². The normalized spacial score (nSPS) is 18.2. The van der Waals surface area contributed by atoms with Crippen molar-refractivity contribution < 1.29 is 19.1 Å². The Balaban J connectivity index is 1.76. The lowest BCUT2D eigenvalue weighted by molar-refractivity contribution is -0.143. The average Bonchev–Trinajstić information content (AvgIpc) is 3.05. The van der Waals surface area contributed by atoms with E-state index in [-0.39, 0.29) is 18.1 Å². The second kappa shape index (κ2) is 6.01. The largest absolute Gasteiger partial charge is 0.481 e. The number of hydrogen-bond donors (Lipinski definition) is 1. The van der Waals surface area contributed by atoms with E-state index in [1.54, 1.807) is 0 Å². The summed E-state index contributed by atoms with van der Waals surface area (Å²) in [5.74, 6) is -1.26. The molecule has 1 aromatic heterocycles. The molecule has 0 unspecified atom stereocenters. The molecule has 0 radical (unpaired) electrons. The van der Waals surface area contributed by atoms with Gasteiger partial charge in [0, 0.05) is 18.7 Å². The molecule has 1 saturated heterocycles. The first-order valence-electron chi connectivity index (χ1n) is 7.18. The number of nitrogens with zero attached hydrogens (tertiary/aromatic N) is 2. The maximum atomic E-state index is 12.4. The Hall–Kier alpha value is -2.63. The second-order valence-corrected chi connectivity index (χ2v) is 5.33. The van der Waals surface area contributed by atoms with Gasteiger partial charge in [-0.25, -0.2) is 4.98 Å². The van der Waals surface area contributed by atoms with Gasteiger partial charge in [-0.05, 0) is 25.0 Å². The van der Waals surface area contributed by atoms with Gasteiger partial charge in [0.25, 0.3) is 5.91 Å². The van der Waals surface area contributed by atoms with Crippen molar-refractivity contribution in [3.8, 4) is 11.5 Å². The van der Waals surface area contributed by atoms with Crippen molar-refractivity contribution in [3.05, 3.63) is 42.3 Å². The number of likely N-dealkylation sites (tertiary alicyclic amines) is 1.